The van der Waals surface area contributed by atoms with E-state index in [1.807, 2.05) is 19.1 Å². The van der Waals surface area contributed by atoms with E-state index in [2.05, 4.69) is 0 Å². The van der Waals surface area contributed by atoms with Crippen molar-refractivity contribution in [1.82, 2.24) is 0 Å². The van der Waals surface area contributed by atoms with Crippen molar-refractivity contribution >= 4 is 40.5 Å². The van der Waals surface area contributed by atoms with Crippen molar-refractivity contribution in [2.45, 2.75) is 6.92 Å². The zero-order chi connectivity index (χ0) is 13.3. The highest BCUT2D eigenvalue weighted by atomic mass is 35.5. The summed E-state index contributed by atoms with van der Waals surface area (Å²) in [5.74, 6) is 1.05. The summed E-state index contributed by atoms with van der Waals surface area (Å²) in [6.45, 7) is 1.93. The van der Waals surface area contributed by atoms with Crippen molar-refractivity contribution in [2.24, 2.45) is 0 Å². The molecule has 0 amide bonds. The average Bonchev–Trinajstić information content (AvgIpc) is 2.24. The number of benzene rings is 2. The Hall–Kier alpha value is -1.09. The number of hydrogen-bond acceptors (Lipinski definition) is 2. The van der Waals surface area contributed by atoms with Crippen LogP contribution in [0.1, 0.15) is 5.56 Å². The average molecular weight is 303 g/mol. The molecule has 2 N–H and O–H groups in total. The third kappa shape index (κ3) is 3.02. The Morgan fingerprint density at radius 2 is 1.56 bits per heavy atom. The lowest BCUT2D eigenvalue weighted by atomic mass is 10.2. The Balaban J connectivity index is 2.36. The smallest absolute Gasteiger partial charge is 0.147 e. The fourth-order valence-electron chi connectivity index (χ4n) is 1.54. The van der Waals surface area contributed by atoms with Crippen LogP contribution in [-0.2, 0) is 0 Å². The van der Waals surface area contributed by atoms with Gasteiger partial charge in [-0.15, -0.1) is 0 Å². The Kier molecular flexibility index (Phi) is 3.91. The second kappa shape index (κ2) is 5.27. The number of nitrogens with two attached hydrogens (primary N) is 1. The Labute approximate surface area is 120 Å². The topological polar surface area (TPSA) is 35.2 Å². The number of anilines is 1. The lowest BCUT2D eigenvalue weighted by molar-refractivity contribution is 0.483. The minimum atomic E-state index is 0.386. The summed E-state index contributed by atoms with van der Waals surface area (Å²) in [4.78, 5) is 0. The van der Waals surface area contributed by atoms with Gasteiger partial charge in [-0.3, -0.25) is 0 Å². The summed E-state index contributed by atoms with van der Waals surface area (Å²) in [5.41, 5.74) is 7.37. The molecule has 0 aliphatic carbocycles. The number of ether oxygens (including phenoxy) is 1. The van der Waals surface area contributed by atoms with Crippen LogP contribution in [0.25, 0.3) is 0 Å². The zero-order valence-electron chi connectivity index (χ0n) is 9.51. The quantitative estimate of drug-likeness (QED) is 0.601. The number of aryl methyl sites for hydroxylation is 1. The third-order valence-electron chi connectivity index (χ3n) is 2.28. The van der Waals surface area contributed by atoms with Gasteiger partial charge in [-0.1, -0.05) is 34.8 Å². The third-order valence-corrected chi connectivity index (χ3v) is 3.29. The summed E-state index contributed by atoms with van der Waals surface area (Å²) in [6.07, 6.45) is 0. The van der Waals surface area contributed by atoms with E-state index in [4.69, 9.17) is 45.3 Å². The molecule has 0 radical (unpaired) electrons. The molecule has 2 rings (SSSR count). The lowest BCUT2D eigenvalue weighted by Gasteiger charge is -2.10. The molecule has 94 valence electrons. The summed E-state index contributed by atoms with van der Waals surface area (Å²) in [5, 5.41) is 1.17. The number of halogens is 3. The number of rotatable bonds is 2. The number of hydrogen-bond donors (Lipinski definition) is 1. The molecule has 0 aromatic heterocycles. The maximum Gasteiger partial charge on any atom is 0.147 e. The van der Waals surface area contributed by atoms with E-state index in [-0.39, 0.29) is 0 Å². The van der Waals surface area contributed by atoms with Crippen LogP contribution < -0.4 is 10.5 Å². The molecule has 2 nitrogen and oxygen atoms in total. The van der Waals surface area contributed by atoms with E-state index in [1.165, 1.54) is 0 Å². The van der Waals surface area contributed by atoms with Crippen LogP contribution in [0.5, 0.6) is 11.5 Å². The molecule has 5 heteroatoms. The van der Waals surface area contributed by atoms with Crippen molar-refractivity contribution in [3.05, 3.63) is 51.0 Å². The Morgan fingerprint density at radius 1 is 0.889 bits per heavy atom. The predicted molar refractivity (Wildman–Crippen MR) is 77.1 cm³/mol. The second-order valence-corrected chi connectivity index (χ2v) is 5.10. The van der Waals surface area contributed by atoms with Crippen LogP contribution in [0.4, 0.5) is 5.69 Å². The summed E-state index contributed by atoms with van der Waals surface area (Å²) < 4.78 is 5.65. The zero-order valence-corrected chi connectivity index (χ0v) is 11.8. The highest BCUT2D eigenvalue weighted by Gasteiger charge is 2.08. The van der Waals surface area contributed by atoms with Gasteiger partial charge in [-0.2, -0.15) is 0 Å². The van der Waals surface area contributed by atoms with Gasteiger partial charge in [0.15, 0.2) is 0 Å². The van der Waals surface area contributed by atoms with Crippen molar-refractivity contribution in [2.75, 3.05) is 5.73 Å². The molecule has 18 heavy (non-hydrogen) atoms. The van der Waals surface area contributed by atoms with Crippen LogP contribution in [0.2, 0.25) is 15.1 Å². The van der Waals surface area contributed by atoms with Gasteiger partial charge in [0.2, 0.25) is 0 Å². The van der Waals surface area contributed by atoms with Gasteiger partial charge >= 0.3 is 0 Å². The molecule has 0 saturated carbocycles. The molecular formula is C13H10Cl3NO. The fraction of sp³-hybridized carbons (Fsp3) is 0.0769. The highest BCUT2D eigenvalue weighted by molar-refractivity contribution is 6.43. The standard InChI is InChI=1S/C13H10Cl3NO/c1-7-2-8(17)4-9(3-7)18-13-6-11(15)10(14)5-12(13)16/h2-6H,17H2,1H3. The van der Waals surface area contributed by atoms with Crippen LogP contribution >= 0.6 is 34.8 Å². The van der Waals surface area contributed by atoms with Gasteiger partial charge in [0.25, 0.3) is 0 Å². The molecule has 0 bridgehead atoms. The van der Waals surface area contributed by atoms with E-state index in [9.17, 15) is 0 Å². The summed E-state index contributed by atoms with van der Waals surface area (Å²) in [7, 11) is 0. The van der Waals surface area contributed by atoms with Crippen LogP contribution in [0, 0.1) is 6.92 Å². The monoisotopic (exact) mass is 301 g/mol. The fourth-order valence-corrected chi connectivity index (χ4v) is 2.12. The van der Waals surface area contributed by atoms with Crippen LogP contribution in [0.15, 0.2) is 30.3 Å². The van der Waals surface area contributed by atoms with Gasteiger partial charge in [0, 0.05) is 17.8 Å². The largest absolute Gasteiger partial charge is 0.456 e. The molecule has 0 saturated heterocycles. The van der Waals surface area contributed by atoms with Gasteiger partial charge in [-0.05, 0) is 30.7 Å². The van der Waals surface area contributed by atoms with Crippen molar-refractivity contribution in [1.29, 1.82) is 0 Å². The first-order valence-electron chi connectivity index (χ1n) is 5.15. The lowest BCUT2D eigenvalue weighted by Crippen LogP contribution is -1.90. The Bertz CT molecular complexity index is 579. The van der Waals surface area contributed by atoms with Crippen molar-refractivity contribution in [3.8, 4) is 11.5 Å². The van der Waals surface area contributed by atoms with E-state index in [0.717, 1.165) is 5.56 Å². The molecule has 0 aliphatic rings. The molecule has 0 fully saturated rings. The van der Waals surface area contributed by atoms with Gasteiger partial charge in [0.05, 0.1) is 15.1 Å². The maximum atomic E-state index is 6.03. The summed E-state index contributed by atoms with van der Waals surface area (Å²) >= 11 is 17.8. The van der Waals surface area contributed by atoms with Crippen molar-refractivity contribution < 1.29 is 4.74 Å². The predicted octanol–water partition coefficient (Wildman–Crippen LogP) is 5.33. The minimum absolute atomic E-state index is 0.386. The molecule has 2 aromatic rings. The maximum absolute atomic E-state index is 6.03. The van der Waals surface area contributed by atoms with Gasteiger partial charge in [-0.25, -0.2) is 0 Å². The molecule has 2 aromatic carbocycles. The molecule has 0 aliphatic heterocycles. The van der Waals surface area contributed by atoms with E-state index in [1.54, 1.807) is 18.2 Å². The van der Waals surface area contributed by atoms with E-state index in [0.29, 0.717) is 32.3 Å². The van der Waals surface area contributed by atoms with E-state index >= 15 is 0 Å². The second-order valence-electron chi connectivity index (χ2n) is 3.88. The normalized spacial score (nSPS) is 10.4. The highest BCUT2D eigenvalue weighted by Crippen LogP contribution is 2.36. The van der Waals surface area contributed by atoms with E-state index < -0.39 is 0 Å². The molecule has 0 heterocycles. The van der Waals surface area contributed by atoms with Gasteiger partial charge < -0.3 is 10.5 Å². The Morgan fingerprint density at radius 3 is 2.22 bits per heavy atom. The first-order valence-corrected chi connectivity index (χ1v) is 6.28. The van der Waals surface area contributed by atoms with Crippen LogP contribution in [0.3, 0.4) is 0 Å². The molecule has 0 atom stereocenters. The minimum Gasteiger partial charge on any atom is -0.456 e. The van der Waals surface area contributed by atoms with Crippen molar-refractivity contribution in [3.63, 3.8) is 0 Å². The van der Waals surface area contributed by atoms with Gasteiger partial charge in [0.1, 0.15) is 11.5 Å². The molecular weight excluding hydrogens is 293 g/mol. The SMILES string of the molecule is Cc1cc(N)cc(Oc2cc(Cl)c(Cl)cc2Cl)c1. The molecule has 0 unspecified atom stereocenters. The number of nitrogen functional groups attached to an aromatic ring is 1. The van der Waals surface area contributed by atoms with Crippen LogP contribution in [-0.4, -0.2) is 0 Å². The first kappa shape index (κ1) is 13.3. The summed E-state index contributed by atoms with van der Waals surface area (Å²) in [6, 6.07) is 8.54. The first-order chi connectivity index (χ1) is 8.45. The molecule has 0 spiro atoms.